The molecule has 2 aromatic rings. The average molecular weight is 356 g/mol. The van der Waals surface area contributed by atoms with Crippen LogP contribution in [-0.2, 0) is 0 Å². The predicted molar refractivity (Wildman–Crippen MR) is 105 cm³/mol. The van der Waals surface area contributed by atoms with E-state index >= 15 is 0 Å². The van der Waals surface area contributed by atoms with Gasteiger partial charge in [-0.25, -0.2) is 9.97 Å². The number of carbonyl (C=O) groups excluding carboxylic acids is 1. The minimum atomic E-state index is -0.264. The fourth-order valence-electron chi connectivity index (χ4n) is 2.35. The van der Waals surface area contributed by atoms with Crippen LogP contribution in [0.15, 0.2) is 30.3 Å². The zero-order valence-electron chi connectivity index (χ0n) is 16.2. The maximum absolute atomic E-state index is 12.5. The molecule has 6 nitrogen and oxygen atoms in total. The van der Waals surface area contributed by atoms with E-state index in [4.69, 9.17) is 4.74 Å². The van der Waals surface area contributed by atoms with Crippen LogP contribution >= 0.6 is 0 Å². The Kier molecular flexibility index (Phi) is 6.95. The maximum Gasteiger partial charge on any atom is 0.274 e. The van der Waals surface area contributed by atoms with Gasteiger partial charge in [-0.2, -0.15) is 0 Å². The lowest BCUT2D eigenvalue weighted by atomic mass is 10.1. The Hall–Kier alpha value is -2.63. The fraction of sp³-hybridized carbons (Fsp3) is 0.450. The first-order valence-electron chi connectivity index (χ1n) is 9.01. The Bertz CT molecular complexity index is 727. The molecule has 2 rings (SSSR count). The number of nitrogens with one attached hydrogen (secondary N) is 2. The second-order valence-electron chi connectivity index (χ2n) is 6.94. The number of ether oxygens (including phenoxy) is 1. The largest absolute Gasteiger partial charge is 0.491 e. The van der Waals surface area contributed by atoms with Crippen molar-refractivity contribution in [1.82, 2.24) is 9.97 Å². The van der Waals surface area contributed by atoms with Gasteiger partial charge in [-0.05, 0) is 57.4 Å². The summed E-state index contributed by atoms with van der Waals surface area (Å²) in [6.45, 7) is 10.9. The average Bonchev–Trinajstić information content (AvgIpc) is 2.55. The van der Waals surface area contributed by atoms with Crippen LogP contribution in [0, 0.1) is 12.8 Å². The van der Waals surface area contributed by atoms with Gasteiger partial charge in [-0.3, -0.25) is 4.79 Å². The molecule has 0 aliphatic carbocycles. The number of aryl methyl sites for hydroxylation is 1. The van der Waals surface area contributed by atoms with Crippen molar-refractivity contribution < 1.29 is 9.53 Å². The van der Waals surface area contributed by atoms with Crippen LogP contribution in [-0.4, -0.2) is 28.5 Å². The van der Waals surface area contributed by atoms with Crippen molar-refractivity contribution in [3.05, 3.63) is 41.9 Å². The molecule has 2 N–H and O–H groups in total. The summed E-state index contributed by atoms with van der Waals surface area (Å²) in [6.07, 6.45) is 1.15. The summed E-state index contributed by atoms with van der Waals surface area (Å²) in [7, 11) is 0. The molecule has 1 heterocycles. The number of anilines is 2. The number of amides is 1. The molecule has 0 atom stereocenters. The highest BCUT2D eigenvalue weighted by atomic mass is 16.5. The first kappa shape index (κ1) is 19.7. The van der Waals surface area contributed by atoms with Gasteiger partial charge in [0.25, 0.3) is 5.91 Å². The molecule has 0 saturated carbocycles. The highest BCUT2D eigenvalue weighted by molar-refractivity contribution is 6.03. The summed E-state index contributed by atoms with van der Waals surface area (Å²) >= 11 is 0. The first-order chi connectivity index (χ1) is 12.3. The standard InChI is InChI=1S/C20H28N4O2/c1-13(2)10-11-21-19-12-18(22-15(5)23-19)20(25)24-16-6-8-17(9-7-16)26-14(3)4/h6-9,12-14H,10-11H2,1-5H3,(H,24,25)(H,21,22,23). The zero-order chi connectivity index (χ0) is 19.1. The van der Waals surface area contributed by atoms with Crippen LogP contribution < -0.4 is 15.4 Å². The monoisotopic (exact) mass is 356 g/mol. The van der Waals surface area contributed by atoms with Gasteiger partial charge in [-0.1, -0.05) is 13.8 Å². The van der Waals surface area contributed by atoms with Crippen molar-refractivity contribution in [3.63, 3.8) is 0 Å². The smallest absolute Gasteiger partial charge is 0.274 e. The lowest BCUT2D eigenvalue weighted by molar-refractivity contribution is 0.102. The molecular weight excluding hydrogens is 328 g/mol. The molecule has 1 aromatic heterocycles. The van der Waals surface area contributed by atoms with E-state index in [0.29, 0.717) is 28.9 Å². The number of aromatic nitrogens is 2. The van der Waals surface area contributed by atoms with E-state index < -0.39 is 0 Å². The molecule has 0 bridgehead atoms. The SMILES string of the molecule is Cc1nc(NCCC(C)C)cc(C(=O)Nc2ccc(OC(C)C)cc2)n1. The Balaban J connectivity index is 2.03. The number of hydrogen-bond donors (Lipinski definition) is 2. The molecule has 140 valence electrons. The quantitative estimate of drug-likeness (QED) is 0.738. The van der Waals surface area contributed by atoms with E-state index in [1.165, 1.54) is 0 Å². The van der Waals surface area contributed by atoms with Crippen molar-refractivity contribution in [2.45, 2.75) is 47.1 Å². The summed E-state index contributed by atoms with van der Waals surface area (Å²) in [5.74, 6) is 2.35. The first-order valence-corrected chi connectivity index (χ1v) is 9.01. The minimum absolute atomic E-state index is 0.112. The van der Waals surface area contributed by atoms with Crippen LogP contribution in [0.25, 0.3) is 0 Å². The van der Waals surface area contributed by atoms with Gasteiger partial charge in [0.1, 0.15) is 23.1 Å². The van der Waals surface area contributed by atoms with Crippen LogP contribution in [0.4, 0.5) is 11.5 Å². The van der Waals surface area contributed by atoms with Gasteiger partial charge < -0.3 is 15.4 Å². The molecule has 0 unspecified atom stereocenters. The van der Waals surface area contributed by atoms with Crippen molar-refractivity contribution >= 4 is 17.4 Å². The van der Waals surface area contributed by atoms with Crippen molar-refractivity contribution in [1.29, 1.82) is 0 Å². The van der Waals surface area contributed by atoms with Gasteiger partial charge in [0.15, 0.2) is 0 Å². The van der Waals surface area contributed by atoms with Gasteiger partial charge in [0.2, 0.25) is 0 Å². The summed E-state index contributed by atoms with van der Waals surface area (Å²) in [6, 6.07) is 8.97. The van der Waals surface area contributed by atoms with Crippen LogP contribution in [0.5, 0.6) is 5.75 Å². The fourth-order valence-corrected chi connectivity index (χ4v) is 2.35. The van der Waals surface area contributed by atoms with E-state index in [-0.39, 0.29) is 12.0 Å². The summed E-state index contributed by atoms with van der Waals surface area (Å²) in [4.78, 5) is 21.1. The predicted octanol–water partition coefficient (Wildman–Crippen LogP) is 4.28. The molecule has 0 radical (unpaired) electrons. The van der Waals surface area contributed by atoms with Gasteiger partial charge >= 0.3 is 0 Å². The third-order valence-corrected chi connectivity index (χ3v) is 3.58. The van der Waals surface area contributed by atoms with Crippen molar-refractivity contribution in [2.24, 2.45) is 5.92 Å². The summed E-state index contributed by atoms with van der Waals surface area (Å²) in [5.41, 5.74) is 1.03. The second-order valence-corrected chi connectivity index (χ2v) is 6.94. The van der Waals surface area contributed by atoms with Gasteiger partial charge in [0.05, 0.1) is 6.10 Å². The molecule has 0 saturated heterocycles. The summed E-state index contributed by atoms with van der Waals surface area (Å²) < 4.78 is 5.60. The molecule has 1 amide bonds. The molecule has 0 aliphatic rings. The van der Waals surface area contributed by atoms with E-state index in [2.05, 4.69) is 34.4 Å². The summed E-state index contributed by atoms with van der Waals surface area (Å²) in [5, 5.41) is 6.11. The van der Waals surface area contributed by atoms with Crippen LogP contribution in [0.2, 0.25) is 0 Å². The normalized spacial score (nSPS) is 10.9. The highest BCUT2D eigenvalue weighted by Crippen LogP contribution is 2.18. The third-order valence-electron chi connectivity index (χ3n) is 3.58. The lowest BCUT2D eigenvalue weighted by Crippen LogP contribution is -2.16. The van der Waals surface area contributed by atoms with Crippen LogP contribution in [0.3, 0.4) is 0 Å². The van der Waals surface area contributed by atoms with Gasteiger partial charge in [-0.15, -0.1) is 0 Å². The lowest BCUT2D eigenvalue weighted by Gasteiger charge is -2.11. The minimum Gasteiger partial charge on any atom is -0.491 e. The number of rotatable bonds is 8. The van der Waals surface area contributed by atoms with Gasteiger partial charge in [0, 0.05) is 18.3 Å². The second kappa shape index (κ2) is 9.17. The zero-order valence-corrected chi connectivity index (χ0v) is 16.2. The third kappa shape index (κ3) is 6.35. The maximum atomic E-state index is 12.5. The molecule has 0 fully saturated rings. The molecule has 26 heavy (non-hydrogen) atoms. The topological polar surface area (TPSA) is 76.1 Å². The molecule has 6 heteroatoms. The molecule has 0 aliphatic heterocycles. The molecular formula is C20H28N4O2. The number of hydrogen-bond acceptors (Lipinski definition) is 5. The molecule has 0 spiro atoms. The van der Waals surface area contributed by atoms with E-state index in [9.17, 15) is 4.79 Å². The number of benzene rings is 1. The van der Waals surface area contributed by atoms with Crippen LogP contribution in [0.1, 0.15) is 50.4 Å². The number of carbonyl (C=O) groups is 1. The van der Waals surface area contributed by atoms with E-state index in [0.717, 1.165) is 18.7 Å². The Morgan fingerprint density at radius 3 is 2.42 bits per heavy atom. The van der Waals surface area contributed by atoms with Crippen molar-refractivity contribution in [2.75, 3.05) is 17.2 Å². The van der Waals surface area contributed by atoms with E-state index in [1.54, 1.807) is 13.0 Å². The Morgan fingerprint density at radius 1 is 1.12 bits per heavy atom. The highest BCUT2D eigenvalue weighted by Gasteiger charge is 2.11. The Labute approximate surface area is 155 Å². The van der Waals surface area contributed by atoms with Crippen molar-refractivity contribution in [3.8, 4) is 5.75 Å². The van der Waals surface area contributed by atoms with E-state index in [1.807, 2.05) is 38.1 Å². The molecule has 1 aromatic carbocycles. The number of nitrogens with zero attached hydrogens (tertiary/aromatic N) is 2. The Morgan fingerprint density at radius 2 is 1.81 bits per heavy atom.